The Morgan fingerprint density at radius 1 is 1.56 bits per heavy atom. The van der Waals surface area contributed by atoms with Crippen LogP contribution in [0.4, 0.5) is 0 Å². The topological polar surface area (TPSA) is 40.5 Å². The average molecular weight is 330 g/mol. The lowest BCUT2D eigenvalue weighted by Gasteiger charge is -2.23. The highest BCUT2D eigenvalue weighted by molar-refractivity contribution is 9.10. The molecule has 1 aromatic rings. The number of nitrogens with zero attached hydrogens (tertiary/aromatic N) is 1. The first-order valence-electron chi connectivity index (χ1n) is 6.35. The van der Waals surface area contributed by atoms with Crippen molar-refractivity contribution in [2.45, 2.75) is 31.8 Å². The van der Waals surface area contributed by atoms with Crippen molar-refractivity contribution in [1.82, 2.24) is 4.90 Å². The fourth-order valence-corrected chi connectivity index (χ4v) is 5.01. The number of halogens is 1. The molecule has 1 saturated carbocycles. The number of carbonyl (C=O) groups is 1. The largest absolute Gasteiger partial charge is 0.480 e. The summed E-state index contributed by atoms with van der Waals surface area (Å²) in [7, 11) is 0. The second kappa shape index (κ2) is 4.94. The van der Waals surface area contributed by atoms with Crippen molar-refractivity contribution < 1.29 is 9.90 Å². The lowest BCUT2D eigenvalue weighted by atomic mass is 9.94. The lowest BCUT2D eigenvalue weighted by Crippen LogP contribution is -2.38. The fraction of sp³-hybridized carbons (Fsp3) is 0.615. The number of aliphatic carboxylic acids is 1. The molecular formula is C13H16BrNO2S. The van der Waals surface area contributed by atoms with E-state index in [-0.39, 0.29) is 6.04 Å². The molecule has 0 radical (unpaired) electrons. The van der Waals surface area contributed by atoms with E-state index in [0.29, 0.717) is 11.8 Å². The Hall–Kier alpha value is -0.390. The standard InChI is InChI=1S/C13H16BrNO2S/c14-9-4-10(18-7-9)6-15-5-8-2-1-3-11(8)12(15)13(16)17/h4,7-8,11-12H,1-3,5-6H2,(H,16,17). The normalized spacial score (nSPS) is 31.7. The molecule has 1 aliphatic heterocycles. The summed E-state index contributed by atoms with van der Waals surface area (Å²) in [6, 6.07) is 1.83. The zero-order chi connectivity index (χ0) is 12.7. The maximum Gasteiger partial charge on any atom is 0.321 e. The second-order valence-electron chi connectivity index (χ2n) is 5.30. The van der Waals surface area contributed by atoms with Gasteiger partial charge in [0.2, 0.25) is 0 Å². The third kappa shape index (κ3) is 2.24. The van der Waals surface area contributed by atoms with Gasteiger partial charge in [-0.2, -0.15) is 0 Å². The van der Waals surface area contributed by atoms with Gasteiger partial charge >= 0.3 is 5.97 Å². The van der Waals surface area contributed by atoms with Gasteiger partial charge in [0, 0.05) is 27.8 Å². The maximum absolute atomic E-state index is 11.5. The van der Waals surface area contributed by atoms with Gasteiger partial charge in [-0.3, -0.25) is 9.69 Å². The second-order valence-corrected chi connectivity index (χ2v) is 7.21. The summed E-state index contributed by atoms with van der Waals surface area (Å²) < 4.78 is 1.09. The molecule has 0 aromatic carbocycles. The summed E-state index contributed by atoms with van der Waals surface area (Å²) in [5, 5.41) is 11.5. The van der Waals surface area contributed by atoms with Crippen LogP contribution >= 0.6 is 27.3 Å². The number of likely N-dealkylation sites (tertiary alicyclic amines) is 1. The molecule has 5 heteroatoms. The van der Waals surface area contributed by atoms with Gasteiger partial charge in [-0.25, -0.2) is 0 Å². The molecule has 0 amide bonds. The van der Waals surface area contributed by atoms with E-state index in [1.807, 2.05) is 0 Å². The minimum Gasteiger partial charge on any atom is -0.480 e. The monoisotopic (exact) mass is 329 g/mol. The number of fused-ring (bicyclic) bond motifs is 1. The maximum atomic E-state index is 11.5. The van der Waals surface area contributed by atoms with Crippen LogP contribution in [0, 0.1) is 11.8 Å². The summed E-state index contributed by atoms with van der Waals surface area (Å²) in [6.07, 6.45) is 3.50. The van der Waals surface area contributed by atoms with Gasteiger partial charge in [0.15, 0.2) is 0 Å². The molecule has 1 saturated heterocycles. The third-order valence-corrected chi connectivity index (χ3v) is 5.90. The van der Waals surface area contributed by atoms with Crippen molar-refractivity contribution in [2.24, 2.45) is 11.8 Å². The number of hydrogen-bond acceptors (Lipinski definition) is 3. The van der Waals surface area contributed by atoms with E-state index >= 15 is 0 Å². The van der Waals surface area contributed by atoms with E-state index < -0.39 is 5.97 Å². The number of rotatable bonds is 3. The van der Waals surface area contributed by atoms with E-state index in [4.69, 9.17) is 0 Å². The molecule has 1 aromatic heterocycles. The molecule has 18 heavy (non-hydrogen) atoms. The zero-order valence-corrected chi connectivity index (χ0v) is 12.4. The van der Waals surface area contributed by atoms with E-state index in [1.165, 1.54) is 17.7 Å². The van der Waals surface area contributed by atoms with Crippen LogP contribution < -0.4 is 0 Å². The molecule has 0 spiro atoms. The molecule has 1 N–H and O–H groups in total. The number of carboxylic acids is 1. The third-order valence-electron chi connectivity index (χ3n) is 4.22. The first-order valence-corrected chi connectivity index (χ1v) is 8.02. The van der Waals surface area contributed by atoms with E-state index in [0.717, 1.165) is 24.0 Å². The van der Waals surface area contributed by atoms with Crippen molar-refractivity contribution in [2.75, 3.05) is 6.54 Å². The summed E-state index contributed by atoms with van der Waals surface area (Å²) in [5.74, 6) is 0.348. The SMILES string of the molecule is O=C(O)C1C2CCCC2CN1Cc1cc(Br)cs1. The van der Waals surface area contributed by atoms with Gasteiger partial charge in [0.05, 0.1) is 0 Å². The summed E-state index contributed by atoms with van der Waals surface area (Å²) in [5.41, 5.74) is 0. The molecule has 2 fully saturated rings. The Morgan fingerprint density at radius 2 is 2.39 bits per heavy atom. The molecule has 3 nitrogen and oxygen atoms in total. The van der Waals surface area contributed by atoms with Gasteiger partial charge in [-0.05, 0) is 46.7 Å². The molecule has 3 atom stereocenters. The van der Waals surface area contributed by atoms with Gasteiger partial charge in [0.1, 0.15) is 6.04 Å². The molecule has 1 aliphatic carbocycles. The minimum absolute atomic E-state index is 0.265. The Kier molecular flexibility index (Phi) is 3.47. The van der Waals surface area contributed by atoms with Crippen LogP contribution in [0.5, 0.6) is 0 Å². The predicted octanol–water partition coefficient (Wildman–Crippen LogP) is 3.20. The van der Waals surface area contributed by atoms with Crippen molar-refractivity contribution in [1.29, 1.82) is 0 Å². The minimum atomic E-state index is -0.639. The molecule has 0 bridgehead atoms. The van der Waals surface area contributed by atoms with Crippen molar-refractivity contribution in [3.05, 3.63) is 20.8 Å². The Balaban J connectivity index is 1.77. The predicted molar refractivity (Wildman–Crippen MR) is 74.7 cm³/mol. The van der Waals surface area contributed by atoms with Crippen LogP contribution in [0.2, 0.25) is 0 Å². The van der Waals surface area contributed by atoms with Crippen LogP contribution in [-0.2, 0) is 11.3 Å². The molecular weight excluding hydrogens is 314 g/mol. The van der Waals surface area contributed by atoms with E-state index in [2.05, 4.69) is 32.3 Å². The Bertz CT molecular complexity index is 462. The van der Waals surface area contributed by atoms with Crippen LogP contribution in [-0.4, -0.2) is 28.6 Å². The Labute approximate surface area is 119 Å². The van der Waals surface area contributed by atoms with Gasteiger partial charge < -0.3 is 5.11 Å². The molecule has 98 valence electrons. The van der Waals surface area contributed by atoms with Crippen molar-refractivity contribution in [3.63, 3.8) is 0 Å². The van der Waals surface area contributed by atoms with Crippen LogP contribution in [0.3, 0.4) is 0 Å². The average Bonchev–Trinajstić information content (AvgIpc) is 2.93. The molecule has 2 aliphatic rings. The Morgan fingerprint density at radius 3 is 3.06 bits per heavy atom. The fourth-order valence-electron chi connectivity index (χ4n) is 3.53. The van der Waals surface area contributed by atoms with Crippen LogP contribution in [0.15, 0.2) is 15.9 Å². The van der Waals surface area contributed by atoms with Gasteiger partial charge in [0.25, 0.3) is 0 Å². The van der Waals surface area contributed by atoms with Gasteiger partial charge in [-0.15, -0.1) is 11.3 Å². The molecule has 3 rings (SSSR count). The van der Waals surface area contributed by atoms with Crippen LogP contribution in [0.25, 0.3) is 0 Å². The highest BCUT2D eigenvalue weighted by Gasteiger charge is 2.47. The summed E-state index contributed by atoms with van der Waals surface area (Å²) in [4.78, 5) is 14.9. The molecule has 3 unspecified atom stereocenters. The first-order chi connectivity index (χ1) is 8.65. The summed E-state index contributed by atoms with van der Waals surface area (Å²) >= 11 is 5.15. The number of hydrogen-bond donors (Lipinski definition) is 1. The first kappa shape index (κ1) is 12.6. The quantitative estimate of drug-likeness (QED) is 0.925. The number of thiophene rings is 1. The van der Waals surface area contributed by atoms with Gasteiger partial charge in [-0.1, -0.05) is 6.42 Å². The number of carboxylic acid groups (broad SMARTS) is 1. The van der Waals surface area contributed by atoms with E-state index in [9.17, 15) is 9.90 Å². The molecule has 2 heterocycles. The van der Waals surface area contributed by atoms with E-state index in [1.54, 1.807) is 11.3 Å². The highest BCUT2D eigenvalue weighted by Crippen LogP contribution is 2.43. The highest BCUT2D eigenvalue weighted by atomic mass is 79.9. The smallest absolute Gasteiger partial charge is 0.321 e. The summed E-state index contributed by atoms with van der Waals surface area (Å²) in [6.45, 7) is 1.73. The van der Waals surface area contributed by atoms with Crippen LogP contribution in [0.1, 0.15) is 24.1 Å². The van der Waals surface area contributed by atoms with Crippen molar-refractivity contribution in [3.8, 4) is 0 Å². The lowest BCUT2D eigenvalue weighted by molar-refractivity contribution is -0.143. The zero-order valence-electron chi connectivity index (χ0n) is 10.0. The van der Waals surface area contributed by atoms with Crippen molar-refractivity contribution >= 4 is 33.2 Å².